The number of nitrogens with zero attached hydrogens (tertiary/aromatic N) is 1. The van der Waals surface area contributed by atoms with Crippen LogP contribution < -0.4 is 10.3 Å². The molecule has 0 bridgehead atoms. The van der Waals surface area contributed by atoms with E-state index in [2.05, 4.69) is 0 Å². The second-order valence-electron chi connectivity index (χ2n) is 3.77. The molecule has 0 aliphatic carbocycles. The van der Waals surface area contributed by atoms with E-state index in [0.717, 1.165) is 0 Å². The summed E-state index contributed by atoms with van der Waals surface area (Å²) in [6.07, 6.45) is 6.73. The summed E-state index contributed by atoms with van der Waals surface area (Å²) in [7, 11) is 0. The first kappa shape index (κ1) is 12.3. The number of aromatic nitrogens is 1. The molecule has 0 radical (unpaired) electrons. The van der Waals surface area contributed by atoms with Crippen molar-refractivity contribution in [3.8, 4) is 0 Å². The maximum absolute atomic E-state index is 11.8. The molecular formula is C14H12ClN2O+. The molecule has 0 aliphatic heterocycles. The van der Waals surface area contributed by atoms with Crippen LogP contribution >= 0.6 is 11.6 Å². The van der Waals surface area contributed by atoms with Crippen molar-refractivity contribution in [1.29, 1.82) is 0 Å². The van der Waals surface area contributed by atoms with Crippen molar-refractivity contribution in [2.45, 2.75) is 0 Å². The Morgan fingerprint density at radius 3 is 2.33 bits per heavy atom. The van der Waals surface area contributed by atoms with Crippen molar-refractivity contribution in [1.82, 2.24) is 0 Å². The number of carbonyl (C=O) groups excluding carboxylic acids is 1. The largest absolute Gasteiger partial charge is 0.398 e. The molecule has 0 atom stereocenters. The first-order valence-electron chi connectivity index (χ1n) is 5.39. The highest BCUT2D eigenvalue weighted by atomic mass is 35.5. The van der Waals surface area contributed by atoms with Gasteiger partial charge in [-0.05, 0) is 24.3 Å². The molecule has 1 aromatic heterocycles. The van der Waals surface area contributed by atoms with Crippen molar-refractivity contribution in [2.24, 2.45) is 0 Å². The first-order chi connectivity index (χ1) is 8.65. The first-order valence-corrected chi connectivity index (χ1v) is 5.77. The van der Waals surface area contributed by atoms with Gasteiger partial charge in [0, 0.05) is 28.4 Å². The van der Waals surface area contributed by atoms with Gasteiger partial charge in [0.1, 0.15) is 0 Å². The Bertz CT molecular complexity index is 574. The number of hydrogen-bond acceptors (Lipinski definition) is 2. The SMILES string of the molecule is Nc1cc[n+](/C=C/C(=O)c2ccc(Cl)cc2)cc1. The normalized spacial score (nSPS) is 10.7. The second kappa shape index (κ2) is 5.47. The van der Waals surface area contributed by atoms with Crippen LogP contribution in [0.1, 0.15) is 10.4 Å². The third-order valence-corrected chi connectivity index (χ3v) is 2.66. The van der Waals surface area contributed by atoms with Crippen LogP contribution in [0.2, 0.25) is 5.02 Å². The number of halogens is 1. The minimum Gasteiger partial charge on any atom is -0.398 e. The number of hydrogen-bond donors (Lipinski definition) is 1. The molecule has 0 amide bonds. The monoisotopic (exact) mass is 259 g/mol. The predicted molar refractivity (Wildman–Crippen MR) is 72.2 cm³/mol. The van der Waals surface area contributed by atoms with Gasteiger partial charge in [0.05, 0.1) is 6.08 Å². The number of carbonyl (C=O) groups is 1. The van der Waals surface area contributed by atoms with Gasteiger partial charge in [-0.3, -0.25) is 4.79 Å². The number of allylic oxidation sites excluding steroid dienone is 1. The van der Waals surface area contributed by atoms with E-state index in [1.807, 2.05) is 0 Å². The van der Waals surface area contributed by atoms with Crippen LogP contribution in [0.5, 0.6) is 0 Å². The topological polar surface area (TPSA) is 47.0 Å². The third-order valence-electron chi connectivity index (χ3n) is 2.41. The van der Waals surface area contributed by atoms with E-state index in [-0.39, 0.29) is 5.78 Å². The van der Waals surface area contributed by atoms with Crippen LogP contribution in [-0.2, 0) is 0 Å². The van der Waals surface area contributed by atoms with E-state index >= 15 is 0 Å². The number of nitrogens with two attached hydrogens (primary N) is 1. The molecular weight excluding hydrogens is 248 g/mol. The van der Waals surface area contributed by atoms with Crippen LogP contribution in [0.3, 0.4) is 0 Å². The molecule has 0 aliphatic rings. The van der Waals surface area contributed by atoms with Crippen molar-refractivity contribution >= 4 is 29.3 Å². The van der Waals surface area contributed by atoms with Gasteiger partial charge in [-0.15, -0.1) is 0 Å². The Labute approximate surface area is 110 Å². The Hall–Kier alpha value is -2.13. The van der Waals surface area contributed by atoms with Crippen LogP contribution in [0.15, 0.2) is 54.9 Å². The molecule has 1 heterocycles. The molecule has 0 saturated carbocycles. The summed E-state index contributed by atoms with van der Waals surface area (Å²) in [5, 5.41) is 0.614. The van der Waals surface area contributed by atoms with Crippen LogP contribution in [0.25, 0.3) is 6.20 Å². The molecule has 2 rings (SSSR count). The van der Waals surface area contributed by atoms with E-state index in [1.54, 1.807) is 59.6 Å². The summed E-state index contributed by atoms with van der Waals surface area (Å²) < 4.78 is 1.75. The Morgan fingerprint density at radius 2 is 1.72 bits per heavy atom. The highest BCUT2D eigenvalue weighted by Gasteiger charge is 2.03. The molecule has 2 aromatic rings. The van der Waals surface area contributed by atoms with E-state index in [1.165, 1.54) is 6.08 Å². The summed E-state index contributed by atoms with van der Waals surface area (Å²) >= 11 is 5.76. The summed E-state index contributed by atoms with van der Waals surface area (Å²) in [5.41, 5.74) is 6.86. The lowest BCUT2D eigenvalue weighted by molar-refractivity contribution is -0.568. The molecule has 90 valence electrons. The quantitative estimate of drug-likeness (QED) is 0.523. The second-order valence-corrected chi connectivity index (χ2v) is 4.20. The fourth-order valence-corrected chi connectivity index (χ4v) is 1.54. The highest BCUT2D eigenvalue weighted by Crippen LogP contribution is 2.10. The Morgan fingerprint density at radius 1 is 1.11 bits per heavy atom. The predicted octanol–water partition coefficient (Wildman–Crippen LogP) is 2.56. The van der Waals surface area contributed by atoms with Gasteiger partial charge < -0.3 is 5.73 Å². The number of ketones is 1. The molecule has 0 spiro atoms. The van der Waals surface area contributed by atoms with E-state index in [4.69, 9.17) is 17.3 Å². The molecule has 0 fully saturated rings. The maximum atomic E-state index is 11.8. The van der Waals surface area contributed by atoms with Gasteiger partial charge >= 0.3 is 0 Å². The molecule has 2 N–H and O–H groups in total. The fraction of sp³-hybridized carbons (Fsp3) is 0. The zero-order valence-corrected chi connectivity index (χ0v) is 10.3. The molecule has 0 unspecified atom stereocenters. The molecule has 4 heteroatoms. The number of pyridine rings is 1. The lowest BCUT2D eigenvalue weighted by Crippen LogP contribution is -2.24. The van der Waals surface area contributed by atoms with Crippen molar-refractivity contribution < 1.29 is 9.36 Å². The average molecular weight is 260 g/mol. The third kappa shape index (κ3) is 3.18. The van der Waals surface area contributed by atoms with Crippen LogP contribution in [0.4, 0.5) is 5.69 Å². The summed E-state index contributed by atoms with van der Waals surface area (Å²) in [6.45, 7) is 0. The fourth-order valence-electron chi connectivity index (χ4n) is 1.41. The molecule has 3 nitrogen and oxygen atoms in total. The Kier molecular flexibility index (Phi) is 3.75. The lowest BCUT2D eigenvalue weighted by atomic mass is 10.1. The van der Waals surface area contributed by atoms with Gasteiger partial charge in [-0.25, -0.2) is 0 Å². The summed E-state index contributed by atoms with van der Waals surface area (Å²) in [4.78, 5) is 11.8. The zero-order valence-electron chi connectivity index (χ0n) is 9.58. The Balaban J connectivity index is 2.11. The van der Waals surface area contributed by atoms with Gasteiger partial charge in [-0.2, -0.15) is 4.57 Å². The summed E-state index contributed by atoms with van der Waals surface area (Å²) in [6, 6.07) is 10.3. The van der Waals surface area contributed by atoms with Crippen LogP contribution in [0, 0.1) is 0 Å². The van der Waals surface area contributed by atoms with Crippen molar-refractivity contribution in [3.63, 3.8) is 0 Å². The smallest absolute Gasteiger partial charge is 0.191 e. The highest BCUT2D eigenvalue weighted by molar-refractivity contribution is 6.30. The zero-order chi connectivity index (χ0) is 13.0. The number of anilines is 1. The van der Waals surface area contributed by atoms with Crippen molar-refractivity contribution in [2.75, 3.05) is 5.73 Å². The van der Waals surface area contributed by atoms with Gasteiger partial charge in [0.2, 0.25) is 0 Å². The van der Waals surface area contributed by atoms with Crippen LogP contribution in [-0.4, -0.2) is 5.78 Å². The summed E-state index contributed by atoms with van der Waals surface area (Å²) in [5.74, 6) is -0.0732. The van der Waals surface area contributed by atoms with E-state index in [0.29, 0.717) is 16.3 Å². The minimum atomic E-state index is -0.0732. The lowest BCUT2D eigenvalue weighted by Gasteiger charge is -1.94. The standard InChI is InChI=1S/C14H11ClN2O/c15-12-3-1-11(2-4-12)14(18)7-10-17-8-5-13(16)6-9-17/h1-10,16H/p+1/b10-7+. The van der Waals surface area contributed by atoms with E-state index < -0.39 is 0 Å². The van der Waals surface area contributed by atoms with Gasteiger partial charge in [0.15, 0.2) is 24.4 Å². The minimum absolute atomic E-state index is 0.0732. The molecule has 1 aromatic carbocycles. The van der Waals surface area contributed by atoms with Gasteiger partial charge in [-0.1, -0.05) is 11.6 Å². The number of rotatable bonds is 3. The van der Waals surface area contributed by atoms with E-state index in [9.17, 15) is 4.79 Å². The molecule has 18 heavy (non-hydrogen) atoms. The van der Waals surface area contributed by atoms with Crippen molar-refractivity contribution in [3.05, 3.63) is 65.5 Å². The number of nitrogen functional groups attached to an aromatic ring is 1. The van der Waals surface area contributed by atoms with Gasteiger partial charge in [0.25, 0.3) is 0 Å². The molecule has 0 saturated heterocycles. The maximum Gasteiger partial charge on any atom is 0.191 e. The number of benzene rings is 1. The average Bonchev–Trinajstić information content (AvgIpc) is 2.38.